The number of aromatic nitrogens is 1. The van der Waals surface area contributed by atoms with E-state index in [1.807, 2.05) is 27.7 Å². The van der Waals surface area contributed by atoms with Crippen LogP contribution in [0.25, 0.3) is 0 Å². The largest absolute Gasteiger partial charge is 0.444 e. The Bertz CT molecular complexity index is 1150. The van der Waals surface area contributed by atoms with E-state index < -0.39 is 22.3 Å². The van der Waals surface area contributed by atoms with Gasteiger partial charge in [-0.1, -0.05) is 19.1 Å². The van der Waals surface area contributed by atoms with Gasteiger partial charge in [-0.15, -0.1) is 0 Å². The Balaban J connectivity index is 1.68. The fourth-order valence-corrected chi connectivity index (χ4v) is 4.98. The molecule has 1 saturated heterocycles. The average molecular weight is 507 g/mol. The topological polar surface area (TPSA) is 91.8 Å². The van der Waals surface area contributed by atoms with E-state index in [-0.39, 0.29) is 22.9 Å². The number of piperazine rings is 1. The average Bonchev–Trinajstić information content (AvgIpc) is 2.78. The SMILES string of the molecule is Cc1nc(N2CCN(C(=O)OC(C)(C)C)[C@@H](C)C2)ccc1NS(=O)(=O)c1ccc([C@@H](C)CF)cc1. The molecule has 0 unspecified atom stereocenters. The van der Waals surface area contributed by atoms with Gasteiger partial charge in [0, 0.05) is 31.6 Å². The quantitative estimate of drug-likeness (QED) is 0.610. The number of nitrogens with one attached hydrogen (secondary N) is 1. The fraction of sp³-hybridized carbons (Fsp3) is 0.520. The van der Waals surface area contributed by atoms with Crippen molar-refractivity contribution in [2.24, 2.45) is 0 Å². The molecule has 1 N–H and O–H groups in total. The molecule has 0 spiro atoms. The van der Waals surface area contributed by atoms with Crippen LogP contribution >= 0.6 is 0 Å². The van der Waals surface area contributed by atoms with Crippen molar-refractivity contribution in [2.45, 2.75) is 64.0 Å². The summed E-state index contributed by atoms with van der Waals surface area (Å²) in [4.78, 5) is 21.0. The second-order valence-corrected chi connectivity index (χ2v) is 11.7. The predicted molar refractivity (Wildman–Crippen MR) is 135 cm³/mol. The van der Waals surface area contributed by atoms with Crippen LogP contribution < -0.4 is 9.62 Å². The Labute approximate surface area is 207 Å². The Morgan fingerprint density at radius 2 is 1.86 bits per heavy atom. The van der Waals surface area contributed by atoms with Crippen LogP contribution in [0.5, 0.6) is 0 Å². The summed E-state index contributed by atoms with van der Waals surface area (Å²) in [7, 11) is -3.82. The number of carbonyl (C=O) groups is 1. The molecule has 10 heteroatoms. The molecule has 0 bridgehead atoms. The number of hydrogen-bond acceptors (Lipinski definition) is 6. The van der Waals surface area contributed by atoms with Crippen LogP contribution in [0.4, 0.5) is 20.7 Å². The van der Waals surface area contributed by atoms with Gasteiger partial charge in [0.15, 0.2) is 0 Å². The van der Waals surface area contributed by atoms with E-state index in [9.17, 15) is 17.6 Å². The molecule has 2 aromatic rings. The summed E-state index contributed by atoms with van der Waals surface area (Å²) in [6.07, 6.45) is -0.328. The number of rotatable bonds is 6. The monoisotopic (exact) mass is 506 g/mol. The lowest BCUT2D eigenvalue weighted by Crippen LogP contribution is -2.55. The summed E-state index contributed by atoms with van der Waals surface area (Å²) in [5.74, 6) is 0.429. The van der Waals surface area contributed by atoms with Crippen LogP contribution in [0.1, 0.15) is 51.8 Å². The number of hydrogen-bond donors (Lipinski definition) is 1. The van der Waals surface area contributed by atoms with Crippen molar-refractivity contribution < 1.29 is 22.3 Å². The van der Waals surface area contributed by atoms with Gasteiger partial charge >= 0.3 is 6.09 Å². The third-order valence-electron chi connectivity index (χ3n) is 5.89. The number of carbonyl (C=O) groups excluding carboxylic acids is 1. The van der Waals surface area contributed by atoms with Gasteiger partial charge in [0.05, 0.1) is 23.0 Å². The number of amides is 1. The number of anilines is 2. The van der Waals surface area contributed by atoms with Crippen molar-refractivity contribution in [1.29, 1.82) is 0 Å². The zero-order valence-corrected chi connectivity index (χ0v) is 22.0. The first-order chi connectivity index (χ1) is 16.3. The first kappa shape index (κ1) is 26.7. The van der Waals surface area contributed by atoms with Crippen LogP contribution in [0, 0.1) is 6.92 Å². The zero-order chi connectivity index (χ0) is 26.0. The molecule has 2 heterocycles. The molecule has 1 aromatic carbocycles. The standard InChI is InChI=1S/C25H35FN4O4S/c1-17(15-26)20-7-9-21(10-8-20)35(32,33)28-22-11-12-23(27-19(22)3)29-13-14-30(18(2)16-29)24(31)34-25(4,5)6/h7-12,17-18,28H,13-16H2,1-6H3/t17-,18-/m0/s1. The summed E-state index contributed by atoms with van der Waals surface area (Å²) >= 11 is 0. The molecule has 192 valence electrons. The predicted octanol–water partition coefficient (Wildman–Crippen LogP) is 4.71. The van der Waals surface area contributed by atoms with Crippen LogP contribution in [0.3, 0.4) is 0 Å². The summed E-state index contributed by atoms with van der Waals surface area (Å²) in [6, 6.07) is 9.61. The molecule has 35 heavy (non-hydrogen) atoms. The summed E-state index contributed by atoms with van der Waals surface area (Å²) < 4.78 is 46.7. The molecule has 0 radical (unpaired) electrons. The Kier molecular flexibility index (Phi) is 7.93. The van der Waals surface area contributed by atoms with Gasteiger partial charge < -0.3 is 14.5 Å². The van der Waals surface area contributed by atoms with E-state index >= 15 is 0 Å². The number of ether oxygens (including phenoxy) is 1. The highest BCUT2D eigenvalue weighted by molar-refractivity contribution is 7.92. The van der Waals surface area contributed by atoms with Gasteiger partial charge in [-0.05, 0) is 64.4 Å². The summed E-state index contributed by atoms with van der Waals surface area (Å²) in [5, 5.41) is 0. The van der Waals surface area contributed by atoms with Gasteiger partial charge in [-0.3, -0.25) is 9.11 Å². The van der Waals surface area contributed by atoms with Crippen LogP contribution in [-0.2, 0) is 14.8 Å². The number of pyridine rings is 1. The van der Waals surface area contributed by atoms with Crippen LogP contribution in [-0.4, -0.2) is 62.3 Å². The smallest absolute Gasteiger partial charge is 0.410 e. The van der Waals surface area contributed by atoms with E-state index in [1.54, 1.807) is 43.0 Å². The van der Waals surface area contributed by atoms with Crippen molar-refractivity contribution >= 4 is 27.6 Å². The van der Waals surface area contributed by atoms with Gasteiger partial charge in [0.2, 0.25) is 0 Å². The number of aryl methyl sites for hydroxylation is 1. The third-order valence-corrected chi connectivity index (χ3v) is 7.27. The highest BCUT2D eigenvalue weighted by Crippen LogP contribution is 2.25. The highest BCUT2D eigenvalue weighted by atomic mass is 32.2. The van der Waals surface area contributed by atoms with Gasteiger partial charge in [-0.25, -0.2) is 18.2 Å². The molecule has 2 atom stereocenters. The maximum atomic E-state index is 12.9. The molecule has 0 aliphatic carbocycles. The van der Waals surface area contributed by atoms with Crippen molar-refractivity contribution in [3.8, 4) is 0 Å². The lowest BCUT2D eigenvalue weighted by Gasteiger charge is -2.40. The molecule has 1 fully saturated rings. The van der Waals surface area contributed by atoms with E-state index in [0.717, 1.165) is 5.56 Å². The maximum Gasteiger partial charge on any atom is 0.410 e. The van der Waals surface area contributed by atoms with Gasteiger partial charge in [0.25, 0.3) is 10.0 Å². The van der Waals surface area contributed by atoms with Gasteiger partial charge in [0.1, 0.15) is 11.4 Å². The summed E-state index contributed by atoms with van der Waals surface area (Å²) in [6.45, 7) is 12.2. The molecular weight excluding hydrogens is 471 g/mol. The molecular formula is C25H35FN4O4S. The van der Waals surface area contributed by atoms with E-state index in [0.29, 0.717) is 36.8 Å². The van der Waals surface area contributed by atoms with E-state index in [1.165, 1.54) is 12.1 Å². The Morgan fingerprint density at radius 3 is 2.40 bits per heavy atom. The molecule has 8 nitrogen and oxygen atoms in total. The van der Waals surface area contributed by atoms with Crippen molar-refractivity contribution in [3.05, 3.63) is 47.7 Å². The minimum absolute atomic E-state index is 0.0676. The number of sulfonamides is 1. The Hall–Kier alpha value is -2.88. The highest BCUT2D eigenvalue weighted by Gasteiger charge is 2.31. The lowest BCUT2D eigenvalue weighted by molar-refractivity contribution is 0.0158. The fourth-order valence-electron chi connectivity index (χ4n) is 3.86. The zero-order valence-electron chi connectivity index (χ0n) is 21.2. The minimum atomic E-state index is -3.82. The first-order valence-electron chi connectivity index (χ1n) is 11.7. The first-order valence-corrected chi connectivity index (χ1v) is 13.2. The van der Waals surface area contributed by atoms with Crippen LogP contribution in [0.15, 0.2) is 41.3 Å². The van der Waals surface area contributed by atoms with E-state index in [2.05, 4.69) is 14.6 Å². The number of alkyl halides is 1. The van der Waals surface area contributed by atoms with Crippen LogP contribution in [0.2, 0.25) is 0 Å². The summed E-state index contributed by atoms with van der Waals surface area (Å²) in [5.41, 5.74) is 1.12. The molecule has 1 aliphatic rings. The molecule has 0 saturated carbocycles. The Morgan fingerprint density at radius 1 is 1.20 bits per heavy atom. The minimum Gasteiger partial charge on any atom is -0.444 e. The van der Waals surface area contributed by atoms with Crippen molar-refractivity contribution in [3.63, 3.8) is 0 Å². The normalized spacial score (nSPS) is 17.7. The molecule has 1 aliphatic heterocycles. The lowest BCUT2D eigenvalue weighted by atomic mass is 10.0. The molecule has 1 aromatic heterocycles. The molecule has 1 amide bonds. The van der Waals surface area contributed by atoms with Crippen molar-refractivity contribution in [1.82, 2.24) is 9.88 Å². The van der Waals surface area contributed by atoms with Gasteiger partial charge in [-0.2, -0.15) is 0 Å². The maximum absolute atomic E-state index is 12.9. The number of halogens is 1. The second kappa shape index (κ2) is 10.4. The molecule has 3 rings (SSSR count). The van der Waals surface area contributed by atoms with Crippen molar-refractivity contribution in [2.75, 3.05) is 35.9 Å². The number of benzene rings is 1. The number of nitrogens with zero attached hydrogens (tertiary/aromatic N) is 3. The van der Waals surface area contributed by atoms with E-state index in [4.69, 9.17) is 4.74 Å². The third kappa shape index (κ3) is 6.62. The second-order valence-electron chi connectivity index (χ2n) is 10.0.